The van der Waals surface area contributed by atoms with Gasteiger partial charge >= 0.3 is 0 Å². The van der Waals surface area contributed by atoms with Crippen molar-refractivity contribution in [2.45, 2.75) is 0 Å². The number of rotatable bonds is 9. The molecule has 0 fully saturated rings. The lowest BCUT2D eigenvalue weighted by Gasteiger charge is -2.22. The van der Waals surface area contributed by atoms with Gasteiger partial charge in [-0.1, -0.05) is 182 Å². The molecule has 0 aliphatic rings. The molecule has 0 N–H and O–H groups in total. The van der Waals surface area contributed by atoms with Crippen molar-refractivity contribution in [1.29, 1.82) is 15.8 Å². The highest BCUT2D eigenvalue weighted by Crippen LogP contribution is 2.47. The monoisotopic (exact) mass is 1110 g/mol. The topological polar surface area (TPSA) is 112 Å². The van der Waals surface area contributed by atoms with Gasteiger partial charge in [0.05, 0.1) is 85.1 Å². The van der Waals surface area contributed by atoms with E-state index >= 15 is 0 Å². The number of para-hydroxylation sites is 5. The second kappa shape index (κ2) is 20.5. The summed E-state index contributed by atoms with van der Waals surface area (Å²) in [6.07, 6.45) is 0. The van der Waals surface area contributed by atoms with Crippen LogP contribution in [0.1, 0.15) is 16.7 Å². The summed E-state index contributed by atoms with van der Waals surface area (Å²) in [7, 11) is 0. The first kappa shape index (κ1) is 50.3. The van der Waals surface area contributed by atoms with Gasteiger partial charge in [0.25, 0.3) is 0 Å². The molecule has 0 unspecified atom stereocenters. The van der Waals surface area contributed by atoms with Gasteiger partial charge in [0, 0.05) is 77.1 Å². The van der Waals surface area contributed by atoms with Crippen molar-refractivity contribution in [3.05, 3.63) is 296 Å². The summed E-state index contributed by atoms with van der Waals surface area (Å²) in [4.78, 5) is 10.8. The quantitative estimate of drug-likeness (QED) is 0.143. The van der Waals surface area contributed by atoms with E-state index in [1.54, 1.807) is 12.1 Å². The van der Waals surface area contributed by atoms with E-state index in [1.807, 2.05) is 42.5 Å². The first-order valence-electron chi connectivity index (χ1n) is 28.8. The lowest BCUT2D eigenvalue weighted by atomic mass is 9.91. The van der Waals surface area contributed by atoms with Crippen LogP contribution in [0, 0.1) is 34.0 Å². The number of nitrogens with zero attached hydrogens (tertiary/aromatic N) is 8. The number of fused-ring (bicyclic) bond motifs is 9. The maximum Gasteiger partial charge on any atom is 0.160 e. The van der Waals surface area contributed by atoms with Crippen molar-refractivity contribution >= 4 is 65.4 Å². The van der Waals surface area contributed by atoms with Crippen LogP contribution in [0.5, 0.6) is 0 Å². The van der Waals surface area contributed by atoms with Gasteiger partial charge < -0.3 is 13.7 Å². The molecule has 0 radical (unpaired) electrons. The van der Waals surface area contributed by atoms with Gasteiger partial charge in [0.1, 0.15) is 0 Å². The van der Waals surface area contributed by atoms with Gasteiger partial charge in [-0.3, -0.25) is 0 Å². The minimum Gasteiger partial charge on any atom is -0.309 e. The van der Waals surface area contributed by atoms with Crippen molar-refractivity contribution in [2.24, 2.45) is 0 Å². The molecule has 402 valence electrons. The van der Waals surface area contributed by atoms with Crippen LogP contribution in [-0.2, 0) is 0 Å². The SMILES string of the molecule is N#Cc1cc(C#N)c(-c2ccc3c(c2)c2ccccc2n3-c2c(-c3cccc(-n4c5ccccc5c5ccccc54)c3)cc(-c3cc(-c4ccccc4)nc(-c4ccccc4)n3)cc2-c2cccc(-n3c4ccccc4c4ccccc43)c2)c(C#N)c1. The smallest absolute Gasteiger partial charge is 0.160 e. The van der Waals surface area contributed by atoms with Crippen molar-refractivity contribution in [3.8, 4) is 103 Å². The zero-order chi connectivity index (χ0) is 58.1. The summed E-state index contributed by atoms with van der Waals surface area (Å²) in [5, 5.41) is 37.7. The number of hydrogen-bond donors (Lipinski definition) is 0. The molecule has 16 aromatic rings. The molecule has 8 nitrogen and oxygen atoms in total. The molecule has 0 aliphatic carbocycles. The molecule has 12 aromatic carbocycles. The summed E-state index contributed by atoms with van der Waals surface area (Å²) >= 11 is 0. The molecule has 0 atom stereocenters. The fourth-order valence-electron chi connectivity index (χ4n) is 13.1. The predicted molar refractivity (Wildman–Crippen MR) is 352 cm³/mol. The number of benzene rings is 12. The minimum absolute atomic E-state index is 0.256. The van der Waals surface area contributed by atoms with Crippen LogP contribution in [0.4, 0.5) is 0 Å². The molecule has 16 rings (SSSR count). The first-order valence-corrected chi connectivity index (χ1v) is 28.8. The Hall–Kier alpha value is -12.4. The van der Waals surface area contributed by atoms with E-state index in [1.165, 1.54) is 21.5 Å². The Balaban J connectivity index is 1.04. The molecule has 4 heterocycles. The fraction of sp³-hybridized carbons (Fsp3) is 0. The highest BCUT2D eigenvalue weighted by molar-refractivity contribution is 6.13. The summed E-state index contributed by atoms with van der Waals surface area (Å²) in [6, 6.07) is 104. The Labute approximate surface area is 500 Å². The summed E-state index contributed by atoms with van der Waals surface area (Å²) < 4.78 is 7.13. The molecule has 8 heteroatoms. The second-order valence-electron chi connectivity index (χ2n) is 21.8. The molecule has 0 aliphatic heterocycles. The molecule has 4 aromatic heterocycles. The van der Waals surface area contributed by atoms with Crippen molar-refractivity contribution < 1.29 is 0 Å². The van der Waals surface area contributed by atoms with Gasteiger partial charge in [-0.2, -0.15) is 15.8 Å². The lowest BCUT2D eigenvalue weighted by molar-refractivity contribution is 1.16. The summed E-state index contributed by atoms with van der Waals surface area (Å²) in [5.74, 6) is 0.612. The zero-order valence-corrected chi connectivity index (χ0v) is 46.6. The van der Waals surface area contributed by atoms with Gasteiger partial charge in [0.2, 0.25) is 0 Å². The molecular formula is C79H46N8. The Morgan fingerprint density at radius 3 is 1.15 bits per heavy atom. The third-order valence-corrected chi connectivity index (χ3v) is 16.9. The largest absolute Gasteiger partial charge is 0.309 e. The maximum absolute atomic E-state index is 10.6. The highest BCUT2D eigenvalue weighted by Gasteiger charge is 2.26. The molecule has 0 bridgehead atoms. The predicted octanol–water partition coefficient (Wildman–Crippen LogP) is 19.4. The maximum atomic E-state index is 10.6. The zero-order valence-electron chi connectivity index (χ0n) is 46.6. The number of aromatic nitrogens is 5. The molecular weight excluding hydrogens is 1060 g/mol. The third kappa shape index (κ3) is 8.27. The van der Waals surface area contributed by atoms with Gasteiger partial charge in [-0.25, -0.2) is 9.97 Å². The van der Waals surface area contributed by atoms with E-state index in [9.17, 15) is 15.8 Å². The van der Waals surface area contributed by atoms with Gasteiger partial charge in [0.15, 0.2) is 5.82 Å². The number of hydrogen-bond acceptors (Lipinski definition) is 5. The Morgan fingerprint density at radius 1 is 0.276 bits per heavy atom. The molecule has 0 spiro atoms. The van der Waals surface area contributed by atoms with Crippen LogP contribution in [0.2, 0.25) is 0 Å². The van der Waals surface area contributed by atoms with E-state index in [2.05, 4.69) is 256 Å². The number of nitriles is 3. The van der Waals surface area contributed by atoms with Crippen LogP contribution in [0.25, 0.3) is 150 Å². The van der Waals surface area contributed by atoms with E-state index in [-0.39, 0.29) is 16.7 Å². The molecule has 0 amide bonds. The Morgan fingerprint density at radius 2 is 0.678 bits per heavy atom. The Kier molecular flexibility index (Phi) is 11.8. The van der Waals surface area contributed by atoms with Gasteiger partial charge in [-0.15, -0.1) is 0 Å². The first-order chi connectivity index (χ1) is 43.0. The Bertz CT molecular complexity index is 5250. The van der Waals surface area contributed by atoms with Crippen molar-refractivity contribution in [3.63, 3.8) is 0 Å². The lowest BCUT2D eigenvalue weighted by Crippen LogP contribution is -2.04. The van der Waals surface area contributed by atoms with Crippen molar-refractivity contribution in [2.75, 3.05) is 0 Å². The average Bonchev–Trinajstić information content (AvgIpc) is 1.74. The van der Waals surface area contributed by atoms with Crippen molar-refractivity contribution in [1.82, 2.24) is 23.7 Å². The van der Waals surface area contributed by atoms with E-state index in [0.717, 1.165) is 111 Å². The summed E-state index contributed by atoms with van der Waals surface area (Å²) in [5.41, 5.74) is 19.4. The third-order valence-electron chi connectivity index (χ3n) is 16.9. The van der Waals surface area contributed by atoms with Gasteiger partial charge in [-0.05, 0) is 114 Å². The summed E-state index contributed by atoms with van der Waals surface area (Å²) in [6.45, 7) is 0. The minimum atomic E-state index is 0.256. The highest BCUT2D eigenvalue weighted by atomic mass is 15.0. The van der Waals surface area contributed by atoms with Crippen LogP contribution in [0.3, 0.4) is 0 Å². The second-order valence-corrected chi connectivity index (χ2v) is 21.8. The van der Waals surface area contributed by atoms with E-state index < -0.39 is 0 Å². The van der Waals surface area contributed by atoms with Crippen LogP contribution >= 0.6 is 0 Å². The standard InChI is InChI=1S/C79H46N8/c80-47-50-39-57(48-81)77(58(40-50)49-82)55-37-38-76-68(43-55)65-31-11-16-36-75(65)87(76)78-66(53-23-17-25-59(41-53)85-71-32-12-7-27-61(71)62-28-8-13-33-72(62)85)44-56(70-46-69(51-19-3-1-4-20-51)83-79(84-70)52-21-5-2-6-22-52)45-67(78)54-24-18-26-60(42-54)86-73-34-14-9-29-63(73)64-30-10-15-35-74(64)86/h1-46H. The normalized spacial score (nSPS) is 11.4. The molecule has 87 heavy (non-hydrogen) atoms. The van der Waals surface area contributed by atoms with E-state index in [0.29, 0.717) is 17.0 Å². The van der Waals surface area contributed by atoms with Crippen LogP contribution < -0.4 is 0 Å². The molecule has 0 saturated carbocycles. The van der Waals surface area contributed by atoms with Crippen LogP contribution in [-0.4, -0.2) is 23.7 Å². The average molecular weight is 1110 g/mol. The van der Waals surface area contributed by atoms with Crippen LogP contribution in [0.15, 0.2) is 279 Å². The fourth-order valence-corrected chi connectivity index (χ4v) is 13.1. The molecule has 0 saturated heterocycles. The van der Waals surface area contributed by atoms with E-state index in [4.69, 9.17) is 9.97 Å².